The predicted molar refractivity (Wildman–Crippen MR) is 121 cm³/mol. The summed E-state index contributed by atoms with van der Waals surface area (Å²) in [5.74, 6) is -1.84. The number of benzene rings is 2. The maximum absolute atomic E-state index is 13.3. The first-order valence-electron chi connectivity index (χ1n) is 11.3. The molecule has 3 N–H and O–H groups in total. The quantitative estimate of drug-likeness (QED) is 0.363. The molecule has 3 rings (SSSR count). The Morgan fingerprint density at radius 3 is 2.00 bits per heavy atom. The van der Waals surface area contributed by atoms with Crippen LogP contribution in [0.2, 0.25) is 0 Å². The van der Waals surface area contributed by atoms with Gasteiger partial charge in [0.1, 0.15) is 11.4 Å². The van der Waals surface area contributed by atoms with E-state index < -0.39 is 52.7 Å². The molecular weight excluding hydrogens is 507 g/mol. The van der Waals surface area contributed by atoms with E-state index in [9.17, 15) is 40.3 Å². The summed E-state index contributed by atoms with van der Waals surface area (Å²) >= 11 is 0. The van der Waals surface area contributed by atoms with E-state index in [0.29, 0.717) is 30.8 Å². The zero-order chi connectivity index (χ0) is 27.4. The van der Waals surface area contributed by atoms with E-state index in [1.54, 1.807) is 0 Å². The van der Waals surface area contributed by atoms with Crippen molar-refractivity contribution in [2.24, 2.45) is 0 Å². The van der Waals surface area contributed by atoms with Gasteiger partial charge in [-0.25, -0.2) is 4.39 Å². The normalized spacial score (nSPS) is 16.9. The third kappa shape index (κ3) is 7.31. The van der Waals surface area contributed by atoms with Gasteiger partial charge in [-0.15, -0.1) is 0 Å². The molecule has 37 heavy (non-hydrogen) atoms. The molecule has 0 aromatic heterocycles. The number of alkyl halides is 6. The molecule has 200 valence electrons. The van der Waals surface area contributed by atoms with E-state index in [1.807, 2.05) is 0 Å². The van der Waals surface area contributed by atoms with Gasteiger partial charge in [-0.3, -0.25) is 9.59 Å². The van der Waals surface area contributed by atoms with Crippen LogP contribution in [-0.2, 0) is 21.9 Å². The summed E-state index contributed by atoms with van der Waals surface area (Å²) in [7, 11) is 0. The van der Waals surface area contributed by atoms with Crippen molar-refractivity contribution < 1.29 is 40.3 Å². The number of halogens is 7. The Hall–Kier alpha value is -3.41. The number of carbonyl (C=O) groups excluding carboxylic acids is 2. The molecule has 0 saturated carbocycles. The SMILES string of the molecule is CC(NC(=O)C1(NC(=O)/C=C/c2ccc(F)cc2)CCNCC1)c1cc(C(F)(F)F)cc(C(F)(F)F)c1. The minimum atomic E-state index is -5.03. The minimum Gasteiger partial charge on any atom is -0.348 e. The van der Waals surface area contributed by atoms with Crippen LogP contribution in [0.25, 0.3) is 6.08 Å². The summed E-state index contributed by atoms with van der Waals surface area (Å²) in [6, 6.07) is 5.20. The molecule has 1 atom stereocenters. The number of piperidine rings is 1. The Labute approximate surface area is 208 Å². The average molecular weight is 531 g/mol. The van der Waals surface area contributed by atoms with Crippen LogP contribution in [0.4, 0.5) is 30.7 Å². The topological polar surface area (TPSA) is 70.2 Å². The monoisotopic (exact) mass is 531 g/mol. The first-order chi connectivity index (χ1) is 17.2. The fraction of sp³-hybridized carbons (Fsp3) is 0.360. The van der Waals surface area contributed by atoms with Crippen molar-refractivity contribution in [1.82, 2.24) is 16.0 Å². The Morgan fingerprint density at radius 1 is 0.946 bits per heavy atom. The Kier molecular flexibility index (Phi) is 8.31. The van der Waals surface area contributed by atoms with Crippen LogP contribution in [0.15, 0.2) is 48.5 Å². The van der Waals surface area contributed by atoms with Crippen molar-refractivity contribution in [2.45, 2.75) is 43.7 Å². The lowest BCUT2D eigenvalue weighted by Crippen LogP contribution is -2.62. The molecule has 0 aliphatic carbocycles. The number of carbonyl (C=O) groups is 2. The van der Waals surface area contributed by atoms with Gasteiger partial charge in [0.15, 0.2) is 0 Å². The Morgan fingerprint density at radius 2 is 1.49 bits per heavy atom. The van der Waals surface area contributed by atoms with Gasteiger partial charge in [-0.05, 0) is 80.4 Å². The molecule has 2 aromatic carbocycles. The molecule has 5 nitrogen and oxygen atoms in total. The highest BCUT2D eigenvalue weighted by Gasteiger charge is 2.42. The highest BCUT2D eigenvalue weighted by Crippen LogP contribution is 2.37. The molecule has 1 heterocycles. The van der Waals surface area contributed by atoms with Gasteiger partial charge in [-0.1, -0.05) is 12.1 Å². The maximum atomic E-state index is 13.3. The fourth-order valence-corrected chi connectivity index (χ4v) is 3.93. The van der Waals surface area contributed by atoms with Crippen molar-refractivity contribution in [3.8, 4) is 0 Å². The second kappa shape index (κ2) is 10.9. The lowest BCUT2D eigenvalue weighted by molar-refractivity contribution is -0.143. The molecule has 1 fully saturated rings. The van der Waals surface area contributed by atoms with Gasteiger partial charge < -0.3 is 16.0 Å². The zero-order valence-corrected chi connectivity index (χ0v) is 19.6. The van der Waals surface area contributed by atoms with Crippen molar-refractivity contribution >= 4 is 17.9 Å². The largest absolute Gasteiger partial charge is 0.416 e. The standard InChI is InChI=1S/C25H24F7N3O2/c1-15(17-12-18(24(27,28)29)14-19(13-17)25(30,31)32)34-22(37)23(8-10-33-11-9-23)35-21(36)7-4-16-2-5-20(26)6-3-16/h2-7,12-15,33H,8-11H2,1H3,(H,34,37)(H,35,36)/b7-4+. The molecule has 0 bridgehead atoms. The van der Waals surface area contributed by atoms with E-state index in [-0.39, 0.29) is 24.5 Å². The Balaban J connectivity index is 1.82. The van der Waals surface area contributed by atoms with E-state index in [1.165, 1.54) is 37.3 Å². The molecule has 2 amide bonds. The molecule has 2 aromatic rings. The van der Waals surface area contributed by atoms with Gasteiger partial charge >= 0.3 is 12.4 Å². The van der Waals surface area contributed by atoms with Crippen LogP contribution in [0.3, 0.4) is 0 Å². The summed E-state index contributed by atoms with van der Waals surface area (Å²) in [4.78, 5) is 25.9. The number of rotatable bonds is 6. The van der Waals surface area contributed by atoms with Crippen molar-refractivity contribution in [2.75, 3.05) is 13.1 Å². The summed E-state index contributed by atoms with van der Waals surface area (Å²) in [5, 5.41) is 8.13. The molecular formula is C25H24F7N3O2. The van der Waals surface area contributed by atoms with E-state index >= 15 is 0 Å². The molecule has 1 aliphatic rings. The van der Waals surface area contributed by atoms with E-state index in [0.717, 1.165) is 6.08 Å². The fourth-order valence-electron chi connectivity index (χ4n) is 3.93. The van der Waals surface area contributed by atoms with Crippen LogP contribution in [-0.4, -0.2) is 30.4 Å². The minimum absolute atomic E-state index is 0.0139. The third-order valence-corrected chi connectivity index (χ3v) is 6.01. The lowest BCUT2D eigenvalue weighted by Gasteiger charge is -2.37. The average Bonchev–Trinajstić information content (AvgIpc) is 2.83. The van der Waals surface area contributed by atoms with Crippen molar-refractivity contribution in [1.29, 1.82) is 0 Å². The summed E-state index contributed by atoms with van der Waals surface area (Å²) < 4.78 is 92.5. The van der Waals surface area contributed by atoms with E-state index in [4.69, 9.17) is 0 Å². The van der Waals surface area contributed by atoms with Crippen LogP contribution in [0.1, 0.15) is 48.1 Å². The second-order valence-corrected chi connectivity index (χ2v) is 8.74. The summed E-state index contributed by atoms with van der Waals surface area (Å²) in [6.45, 7) is 1.94. The first kappa shape index (κ1) is 28.2. The van der Waals surface area contributed by atoms with Gasteiger partial charge in [0.2, 0.25) is 11.8 Å². The smallest absolute Gasteiger partial charge is 0.348 e. The molecule has 1 unspecified atom stereocenters. The van der Waals surface area contributed by atoms with Crippen LogP contribution >= 0.6 is 0 Å². The molecule has 1 saturated heterocycles. The number of amides is 2. The summed E-state index contributed by atoms with van der Waals surface area (Å²) in [5.41, 5.74) is -4.29. The second-order valence-electron chi connectivity index (χ2n) is 8.74. The highest BCUT2D eigenvalue weighted by atomic mass is 19.4. The number of hydrogen-bond acceptors (Lipinski definition) is 3. The molecule has 0 radical (unpaired) electrons. The third-order valence-electron chi connectivity index (χ3n) is 6.01. The zero-order valence-electron chi connectivity index (χ0n) is 19.6. The maximum Gasteiger partial charge on any atom is 0.416 e. The molecule has 12 heteroatoms. The van der Waals surface area contributed by atoms with Gasteiger partial charge in [0.25, 0.3) is 0 Å². The van der Waals surface area contributed by atoms with Gasteiger partial charge in [0, 0.05) is 6.08 Å². The van der Waals surface area contributed by atoms with Crippen molar-refractivity contribution in [3.05, 3.63) is 76.6 Å². The van der Waals surface area contributed by atoms with Crippen molar-refractivity contribution in [3.63, 3.8) is 0 Å². The summed E-state index contributed by atoms with van der Waals surface area (Å²) in [6.07, 6.45) is -7.22. The number of nitrogens with one attached hydrogen (secondary N) is 3. The van der Waals surface area contributed by atoms with Crippen LogP contribution in [0.5, 0.6) is 0 Å². The van der Waals surface area contributed by atoms with Gasteiger partial charge in [0.05, 0.1) is 17.2 Å². The predicted octanol–water partition coefficient (Wildman–Crippen LogP) is 4.99. The highest BCUT2D eigenvalue weighted by molar-refractivity contribution is 5.97. The van der Waals surface area contributed by atoms with E-state index in [2.05, 4.69) is 16.0 Å². The Bertz CT molecular complexity index is 1120. The first-order valence-corrected chi connectivity index (χ1v) is 11.3. The van der Waals surface area contributed by atoms with Crippen LogP contribution < -0.4 is 16.0 Å². The van der Waals surface area contributed by atoms with Gasteiger partial charge in [-0.2, -0.15) is 26.3 Å². The molecule has 0 spiro atoms. The lowest BCUT2D eigenvalue weighted by atomic mass is 9.86. The van der Waals surface area contributed by atoms with Crippen LogP contribution in [0, 0.1) is 5.82 Å². The number of hydrogen-bond donors (Lipinski definition) is 3. The molecule has 1 aliphatic heterocycles.